The van der Waals surface area contributed by atoms with Crippen molar-refractivity contribution in [2.24, 2.45) is 0 Å². The number of piperazine rings is 1. The van der Waals surface area contributed by atoms with Gasteiger partial charge in [-0.3, -0.25) is 9.69 Å². The van der Waals surface area contributed by atoms with Crippen LogP contribution in [0.5, 0.6) is 0 Å². The number of thiophene rings is 2. The van der Waals surface area contributed by atoms with Crippen molar-refractivity contribution >= 4 is 38.6 Å². The Labute approximate surface area is 149 Å². The van der Waals surface area contributed by atoms with Gasteiger partial charge in [0, 0.05) is 31.1 Å². The molecule has 1 aliphatic rings. The zero-order chi connectivity index (χ0) is 17.0. The van der Waals surface area contributed by atoms with Gasteiger partial charge in [0.25, 0.3) is 10.0 Å². The minimum Gasteiger partial charge on any atom is -0.350 e. The van der Waals surface area contributed by atoms with E-state index in [1.807, 2.05) is 22.4 Å². The van der Waals surface area contributed by atoms with Gasteiger partial charge in [0.2, 0.25) is 5.91 Å². The summed E-state index contributed by atoms with van der Waals surface area (Å²) in [7, 11) is -3.38. The number of sulfonamides is 1. The van der Waals surface area contributed by atoms with Crippen molar-refractivity contribution in [2.75, 3.05) is 32.7 Å². The number of carbonyl (C=O) groups excluding carboxylic acids is 1. The summed E-state index contributed by atoms with van der Waals surface area (Å²) in [6, 6.07) is 7.31. The van der Waals surface area contributed by atoms with Crippen LogP contribution < -0.4 is 5.32 Å². The largest absolute Gasteiger partial charge is 0.350 e. The molecule has 24 heavy (non-hydrogen) atoms. The highest BCUT2D eigenvalue weighted by molar-refractivity contribution is 7.91. The lowest BCUT2D eigenvalue weighted by Gasteiger charge is -2.33. The van der Waals surface area contributed by atoms with Gasteiger partial charge in [-0.2, -0.15) is 4.31 Å². The van der Waals surface area contributed by atoms with Crippen molar-refractivity contribution in [3.8, 4) is 0 Å². The third-order valence-corrected chi connectivity index (χ3v) is 7.98. The normalized spacial score (nSPS) is 17.0. The summed E-state index contributed by atoms with van der Waals surface area (Å²) in [6.07, 6.45) is 0. The number of hydrogen-bond acceptors (Lipinski definition) is 6. The van der Waals surface area contributed by atoms with Crippen molar-refractivity contribution < 1.29 is 13.2 Å². The van der Waals surface area contributed by atoms with E-state index in [2.05, 4.69) is 5.32 Å². The molecule has 0 atom stereocenters. The number of nitrogens with zero attached hydrogens (tertiary/aromatic N) is 2. The second kappa shape index (κ2) is 7.75. The summed E-state index contributed by atoms with van der Waals surface area (Å²) in [6.45, 7) is 2.81. The number of hydrogen-bond donors (Lipinski definition) is 1. The Morgan fingerprint density at radius 1 is 1.08 bits per heavy atom. The van der Waals surface area contributed by atoms with E-state index in [-0.39, 0.29) is 5.91 Å². The smallest absolute Gasteiger partial charge is 0.252 e. The van der Waals surface area contributed by atoms with Crippen LogP contribution in [0.15, 0.2) is 39.2 Å². The summed E-state index contributed by atoms with van der Waals surface area (Å²) < 4.78 is 26.8. The first-order valence-corrected chi connectivity index (χ1v) is 10.8. The molecule has 1 aliphatic heterocycles. The van der Waals surface area contributed by atoms with Gasteiger partial charge in [0.15, 0.2) is 0 Å². The van der Waals surface area contributed by atoms with Gasteiger partial charge >= 0.3 is 0 Å². The Morgan fingerprint density at radius 2 is 1.79 bits per heavy atom. The summed E-state index contributed by atoms with van der Waals surface area (Å²) in [5, 5.41) is 6.64. The molecule has 1 amide bonds. The molecule has 6 nitrogen and oxygen atoms in total. The molecule has 0 spiro atoms. The molecule has 0 aliphatic carbocycles. The molecule has 0 radical (unpaired) electrons. The van der Waals surface area contributed by atoms with Crippen LogP contribution in [-0.2, 0) is 21.4 Å². The number of rotatable bonds is 6. The minimum atomic E-state index is -3.38. The quantitative estimate of drug-likeness (QED) is 0.817. The highest BCUT2D eigenvalue weighted by Gasteiger charge is 2.29. The van der Waals surface area contributed by atoms with Crippen LogP contribution in [-0.4, -0.2) is 56.3 Å². The maximum Gasteiger partial charge on any atom is 0.252 e. The van der Waals surface area contributed by atoms with Crippen molar-refractivity contribution in [1.29, 1.82) is 0 Å². The molecular weight excluding hydrogens is 366 g/mol. The van der Waals surface area contributed by atoms with Gasteiger partial charge in [0.05, 0.1) is 13.1 Å². The van der Waals surface area contributed by atoms with E-state index in [9.17, 15) is 13.2 Å². The highest BCUT2D eigenvalue weighted by atomic mass is 32.2. The standard InChI is InChI=1S/C15H19N3O3S3/c19-14(16-11-13-3-1-9-22-13)12-17-5-7-18(8-6-17)24(20,21)15-4-2-10-23-15/h1-4,9-10H,5-8,11-12H2,(H,16,19). The molecule has 1 N–H and O–H groups in total. The van der Waals surface area contributed by atoms with Crippen LogP contribution in [0, 0.1) is 0 Å². The Bertz CT molecular complexity index is 749. The molecular formula is C15H19N3O3S3. The van der Waals surface area contributed by atoms with Crippen LogP contribution in [0.25, 0.3) is 0 Å². The summed E-state index contributed by atoms with van der Waals surface area (Å²) in [5.41, 5.74) is 0. The summed E-state index contributed by atoms with van der Waals surface area (Å²) in [4.78, 5) is 15.1. The Balaban J connectivity index is 1.46. The topological polar surface area (TPSA) is 69.7 Å². The zero-order valence-electron chi connectivity index (χ0n) is 13.1. The van der Waals surface area contributed by atoms with E-state index in [4.69, 9.17) is 0 Å². The van der Waals surface area contributed by atoms with Crippen molar-refractivity contribution in [2.45, 2.75) is 10.8 Å². The van der Waals surface area contributed by atoms with Gasteiger partial charge in [-0.15, -0.1) is 22.7 Å². The Kier molecular flexibility index (Phi) is 5.67. The van der Waals surface area contributed by atoms with Crippen molar-refractivity contribution in [3.05, 3.63) is 39.9 Å². The van der Waals surface area contributed by atoms with Crippen LogP contribution >= 0.6 is 22.7 Å². The van der Waals surface area contributed by atoms with Crippen LogP contribution in [0.4, 0.5) is 0 Å². The fourth-order valence-corrected chi connectivity index (χ4v) is 5.73. The summed E-state index contributed by atoms with van der Waals surface area (Å²) >= 11 is 2.85. The van der Waals surface area contributed by atoms with E-state index in [0.29, 0.717) is 43.5 Å². The lowest BCUT2D eigenvalue weighted by atomic mass is 10.3. The second-order valence-corrected chi connectivity index (χ2v) is 9.61. The second-order valence-electron chi connectivity index (χ2n) is 5.47. The monoisotopic (exact) mass is 385 g/mol. The van der Waals surface area contributed by atoms with E-state index in [1.165, 1.54) is 15.6 Å². The molecule has 0 aromatic carbocycles. The SMILES string of the molecule is O=C(CN1CCN(S(=O)(=O)c2cccs2)CC1)NCc1cccs1. The van der Waals surface area contributed by atoms with Gasteiger partial charge in [0.1, 0.15) is 4.21 Å². The maximum atomic E-state index is 12.5. The predicted octanol–water partition coefficient (Wildman–Crippen LogP) is 1.43. The molecule has 130 valence electrons. The average Bonchev–Trinajstić information content (AvgIpc) is 3.27. The molecule has 3 rings (SSSR count). The lowest BCUT2D eigenvalue weighted by molar-refractivity contribution is -0.122. The Morgan fingerprint density at radius 3 is 2.42 bits per heavy atom. The van der Waals surface area contributed by atoms with Crippen molar-refractivity contribution in [3.63, 3.8) is 0 Å². The highest BCUT2D eigenvalue weighted by Crippen LogP contribution is 2.21. The van der Waals surface area contributed by atoms with Gasteiger partial charge in [-0.25, -0.2) is 8.42 Å². The average molecular weight is 386 g/mol. The molecule has 1 saturated heterocycles. The first kappa shape index (κ1) is 17.6. The fraction of sp³-hybridized carbons (Fsp3) is 0.400. The molecule has 0 unspecified atom stereocenters. The zero-order valence-corrected chi connectivity index (χ0v) is 15.5. The molecule has 9 heteroatoms. The molecule has 2 aromatic heterocycles. The van der Waals surface area contributed by atoms with Crippen molar-refractivity contribution in [1.82, 2.24) is 14.5 Å². The molecule has 2 aromatic rings. The number of carbonyl (C=O) groups is 1. The number of amides is 1. The molecule has 0 saturated carbocycles. The lowest BCUT2D eigenvalue weighted by Crippen LogP contribution is -2.50. The number of nitrogens with one attached hydrogen (secondary N) is 1. The van der Waals surface area contributed by atoms with Gasteiger partial charge in [-0.05, 0) is 22.9 Å². The molecule has 0 bridgehead atoms. The van der Waals surface area contributed by atoms with E-state index in [0.717, 1.165) is 4.88 Å². The molecule has 1 fully saturated rings. The van der Waals surface area contributed by atoms with Gasteiger partial charge < -0.3 is 5.32 Å². The Hall–Kier alpha value is -1.26. The third kappa shape index (κ3) is 4.22. The van der Waals surface area contributed by atoms with E-state index < -0.39 is 10.0 Å². The van der Waals surface area contributed by atoms with Crippen LogP contribution in [0.1, 0.15) is 4.88 Å². The fourth-order valence-electron chi connectivity index (χ4n) is 2.52. The first-order chi connectivity index (χ1) is 11.6. The van der Waals surface area contributed by atoms with Gasteiger partial charge in [-0.1, -0.05) is 12.1 Å². The van der Waals surface area contributed by atoms with E-state index >= 15 is 0 Å². The van der Waals surface area contributed by atoms with E-state index in [1.54, 1.807) is 28.8 Å². The summed E-state index contributed by atoms with van der Waals surface area (Å²) in [5.74, 6) is -0.0297. The predicted molar refractivity (Wildman–Crippen MR) is 95.7 cm³/mol. The minimum absolute atomic E-state index is 0.0297. The van der Waals surface area contributed by atoms with Crippen LogP contribution in [0.2, 0.25) is 0 Å². The van der Waals surface area contributed by atoms with Crippen LogP contribution in [0.3, 0.4) is 0 Å². The first-order valence-electron chi connectivity index (χ1n) is 7.61. The third-order valence-electron chi connectivity index (χ3n) is 3.83. The molecule has 3 heterocycles. The maximum absolute atomic E-state index is 12.5.